The van der Waals surface area contributed by atoms with Gasteiger partial charge in [-0.3, -0.25) is 0 Å². The van der Waals surface area contributed by atoms with E-state index >= 15 is 0 Å². The molecule has 0 unspecified atom stereocenters. The van der Waals surface area contributed by atoms with E-state index in [1.54, 1.807) is 0 Å². The molecule has 0 spiro atoms. The number of hydrogen-bond acceptors (Lipinski definition) is 4. The Bertz CT molecular complexity index is 647. The van der Waals surface area contributed by atoms with Gasteiger partial charge in [-0.05, 0) is 78.6 Å². The van der Waals surface area contributed by atoms with Crippen molar-refractivity contribution in [1.29, 1.82) is 0 Å². The summed E-state index contributed by atoms with van der Waals surface area (Å²) < 4.78 is 13.7. The summed E-state index contributed by atoms with van der Waals surface area (Å²) >= 11 is 5.60. The van der Waals surface area contributed by atoms with Crippen LogP contribution in [0.15, 0.2) is 10.7 Å². The van der Waals surface area contributed by atoms with Gasteiger partial charge in [0.1, 0.15) is 11.3 Å². The fraction of sp³-hybridized carbons (Fsp3) is 0.625. The smallest absolute Gasteiger partial charge is 0.408 e. The molecule has 0 bridgehead atoms. The molecule has 1 fully saturated rings. The second kappa shape index (κ2) is 7.23. The van der Waals surface area contributed by atoms with Crippen LogP contribution in [-0.2, 0) is 16.0 Å². The van der Waals surface area contributed by atoms with Crippen molar-refractivity contribution in [2.45, 2.75) is 57.7 Å². The van der Waals surface area contributed by atoms with Crippen molar-refractivity contribution in [3.8, 4) is 0 Å². The number of nitrogens with zero attached hydrogens (tertiary/aromatic N) is 1. The number of methoxy groups -OCH3 is 1. The van der Waals surface area contributed by atoms with Crippen molar-refractivity contribution in [1.82, 2.24) is 9.88 Å². The molecule has 1 amide bonds. The van der Waals surface area contributed by atoms with E-state index in [4.69, 9.17) is 9.47 Å². The van der Waals surface area contributed by atoms with Gasteiger partial charge in [0.05, 0.1) is 17.1 Å². The van der Waals surface area contributed by atoms with E-state index < -0.39 is 23.2 Å². The van der Waals surface area contributed by atoms with Crippen molar-refractivity contribution in [3.05, 3.63) is 19.9 Å². The summed E-state index contributed by atoms with van der Waals surface area (Å²) in [7, 11) is 1.36. The number of alkyl carbamates (subject to hydrolysis) is 1. The highest BCUT2D eigenvalue weighted by atomic mass is 127. The van der Waals surface area contributed by atoms with Gasteiger partial charge in [-0.25, -0.2) is 9.59 Å². The number of nitrogens with one attached hydrogen (secondary N) is 1. The first-order valence-corrected chi connectivity index (χ1v) is 9.58. The number of esters is 1. The van der Waals surface area contributed by atoms with Crippen LogP contribution in [0.4, 0.5) is 4.79 Å². The lowest BCUT2D eigenvalue weighted by molar-refractivity contribution is 0.0355. The van der Waals surface area contributed by atoms with Gasteiger partial charge in [-0.2, -0.15) is 0 Å². The average molecular weight is 513 g/mol. The molecule has 0 aliphatic heterocycles. The van der Waals surface area contributed by atoms with Crippen molar-refractivity contribution in [2.75, 3.05) is 7.11 Å². The van der Waals surface area contributed by atoms with E-state index in [0.717, 1.165) is 22.8 Å². The third kappa shape index (κ3) is 4.44. The van der Waals surface area contributed by atoms with Crippen LogP contribution >= 0.6 is 38.5 Å². The van der Waals surface area contributed by atoms with Crippen LogP contribution in [0.1, 0.15) is 50.5 Å². The van der Waals surface area contributed by atoms with E-state index in [-0.39, 0.29) is 0 Å². The van der Waals surface area contributed by atoms with Crippen LogP contribution in [0.3, 0.4) is 0 Å². The molecule has 1 aromatic heterocycles. The molecular formula is C16H22BrIN2O4. The maximum absolute atomic E-state index is 12.2. The summed E-state index contributed by atoms with van der Waals surface area (Å²) in [4.78, 5) is 24.2. The van der Waals surface area contributed by atoms with Crippen molar-refractivity contribution >= 4 is 50.6 Å². The van der Waals surface area contributed by atoms with Gasteiger partial charge in [-0.15, -0.1) is 0 Å². The number of ether oxygens (including phenoxy) is 2. The Morgan fingerprint density at radius 1 is 1.42 bits per heavy atom. The van der Waals surface area contributed by atoms with Gasteiger partial charge in [0.15, 0.2) is 0 Å². The summed E-state index contributed by atoms with van der Waals surface area (Å²) in [5.41, 5.74) is -0.482. The Morgan fingerprint density at radius 2 is 2.04 bits per heavy atom. The topological polar surface area (TPSA) is 69.6 Å². The molecule has 0 aromatic carbocycles. The molecule has 0 saturated heterocycles. The molecule has 1 aliphatic rings. The third-order valence-corrected chi connectivity index (χ3v) is 6.26. The predicted octanol–water partition coefficient (Wildman–Crippen LogP) is 4.09. The van der Waals surface area contributed by atoms with Gasteiger partial charge in [0.25, 0.3) is 0 Å². The maximum atomic E-state index is 12.2. The second-order valence-corrected chi connectivity index (χ2v) is 8.98. The molecule has 8 heteroatoms. The summed E-state index contributed by atoms with van der Waals surface area (Å²) in [5.74, 6) is -0.406. The minimum Gasteiger partial charge on any atom is -0.464 e. The lowest BCUT2D eigenvalue weighted by Gasteiger charge is -2.43. The zero-order valence-electron chi connectivity index (χ0n) is 14.2. The minimum atomic E-state index is -0.544. The first kappa shape index (κ1) is 19.6. The molecular weight excluding hydrogens is 491 g/mol. The second-order valence-electron chi connectivity index (χ2n) is 7.02. The molecule has 1 N–H and O–H groups in total. The lowest BCUT2D eigenvalue weighted by atomic mass is 9.76. The molecule has 1 saturated carbocycles. The van der Waals surface area contributed by atoms with Gasteiger partial charge in [0.2, 0.25) is 0 Å². The van der Waals surface area contributed by atoms with Crippen LogP contribution in [0.5, 0.6) is 0 Å². The molecule has 6 nitrogen and oxygen atoms in total. The Morgan fingerprint density at radius 3 is 2.50 bits per heavy atom. The summed E-state index contributed by atoms with van der Waals surface area (Å²) in [6.45, 7) is 6.00. The molecule has 0 radical (unpaired) electrons. The highest BCUT2D eigenvalue weighted by Crippen LogP contribution is 2.36. The van der Waals surface area contributed by atoms with E-state index in [1.807, 2.05) is 31.5 Å². The zero-order chi connectivity index (χ0) is 18.1. The van der Waals surface area contributed by atoms with Crippen molar-refractivity contribution in [2.24, 2.45) is 0 Å². The molecule has 1 aromatic rings. The molecule has 1 heterocycles. The summed E-state index contributed by atoms with van der Waals surface area (Å²) in [5, 5.41) is 3.00. The number of rotatable bonds is 4. The quantitative estimate of drug-likeness (QED) is 0.487. The van der Waals surface area contributed by atoms with Crippen LogP contribution in [-0.4, -0.2) is 34.9 Å². The zero-order valence-corrected chi connectivity index (χ0v) is 18.0. The first-order chi connectivity index (χ1) is 11.1. The highest BCUT2D eigenvalue weighted by Gasteiger charge is 2.41. The first-order valence-electron chi connectivity index (χ1n) is 7.70. The Balaban J connectivity index is 2.20. The molecule has 2 rings (SSSR count). The number of carbonyl (C=O) groups is 2. The van der Waals surface area contributed by atoms with E-state index in [0.29, 0.717) is 16.7 Å². The third-order valence-electron chi connectivity index (χ3n) is 3.90. The van der Waals surface area contributed by atoms with Crippen LogP contribution in [0.2, 0.25) is 0 Å². The summed E-state index contributed by atoms with van der Waals surface area (Å²) in [6.07, 6.45) is 4.18. The Kier molecular flexibility index (Phi) is 5.89. The van der Waals surface area contributed by atoms with Crippen molar-refractivity contribution in [3.63, 3.8) is 0 Å². The van der Waals surface area contributed by atoms with Crippen LogP contribution in [0, 0.1) is 3.57 Å². The SMILES string of the molecule is COC(=O)c1c(Br)c(I)cn1CC1(NC(=O)OC(C)(C)C)CCC1. The monoisotopic (exact) mass is 512 g/mol. The van der Waals surface area contributed by atoms with E-state index in [9.17, 15) is 9.59 Å². The predicted molar refractivity (Wildman–Crippen MR) is 102 cm³/mol. The number of carbonyl (C=O) groups excluding carboxylic acids is 2. The standard InChI is InChI=1S/C16H22BrIN2O4/c1-15(2,3)24-14(22)19-16(6-5-7-16)9-20-8-10(18)11(17)12(20)13(21)23-4/h8H,5-7,9H2,1-4H3,(H,19,22). The fourth-order valence-electron chi connectivity index (χ4n) is 2.70. The molecule has 24 heavy (non-hydrogen) atoms. The fourth-order valence-corrected chi connectivity index (χ4v) is 3.78. The number of halogens is 2. The van der Waals surface area contributed by atoms with Gasteiger partial charge >= 0.3 is 12.1 Å². The van der Waals surface area contributed by atoms with Crippen molar-refractivity contribution < 1.29 is 19.1 Å². The Labute approximate surface area is 163 Å². The number of hydrogen-bond donors (Lipinski definition) is 1. The highest BCUT2D eigenvalue weighted by molar-refractivity contribution is 14.1. The number of amides is 1. The normalized spacial score (nSPS) is 16.2. The Hall–Kier alpha value is -0.770. The molecule has 0 atom stereocenters. The maximum Gasteiger partial charge on any atom is 0.408 e. The molecule has 1 aliphatic carbocycles. The van der Waals surface area contributed by atoms with E-state index in [1.165, 1.54) is 7.11 Å². The van der Waals surface area contributed by atoms with Crippen LogP contribution < -0.4 is 5.32 Å². The van der Waals surface area contributed by atoms with Crippen LogP contribution in [0.25, 0.3) is 0 Å². The number of aromatic nitrogens is 1. The van der Waals surface area contributed by atoms with Gasteiger partial charge in [0, 0.05) is 16.3 Å². The minimum absolute atomic E-state index is 0.396. The van der Waals surface area contributed by atoms with Gasteiger partial charge in [-0.1, -0.05) is 0 Å². The molecule has 134 valence electrons. The van der Waals surface area contributed by atoms with E-state index in [2.05, 4.69) is 43.8 Å². The summed E-state index contributed by atoms with van der Waals surface area (Å²) in [6, 6.07) is 0. The largest absolute Gasteiger partial charge is 0.464 e. The lowest BCUT2D eigenvalue weighted by Crippen LogP contribution is -2.57. The average Bonchev–Trinajstić information content (AvgIpc) is 2.68. The van der Waals surface area contributed by atoms with Gasteiger partial charge < -0.3 is 19.4 Å².